The number of fused-ring (bicyclic) bond motifs is 1. The Morgan fingerprint density at radius 2 is 2.10 bits per heavy atom. The first-order valence-electron chi connectivity index (χ1n) is 10.6. The summed E-state index contributed by atoms with van der Waals surface area (Å²) in [4.78, 5) is 28.4. The molecule has 1 aliphatic carbocycles. The van der Waals surface area contributed by atoms with Crippen molar-refractivity contribution in [1.82, 2.24) is 4.90 Å². The first-order valence-corrected chi connectivity index (χ1v) is 11.4. The van der Waals surface area contributed by atoms with Crippen LogP contribution < -0.4 is 0 Å². The predicted molar refractivity (Wildman–Crippen MR) is 113 cm³/mol. The van der Waals surface area contributed by atoms with Crippen LogP contribution in [0.3, 0.4) is 0 Å². The molecule has 0 N–H and O–H groups in total. The molecule has 7 heteroatoms. The molecule has 0 spiro atoms. The second-order valence-electron chi connectivity index (χ2n) is 8.51. The predicted octanol–water partition coefficient (Wildman–Crippen LogP) is 4.51. The van der Waals surface area contributed by atoms with Crippen LogP contribution in [0.15, 0.2) is 40.1 Å². The van der Waals surface area contributed by atoms with Crippen molar-refractivity contribution in [3.63, 3.8) is 0 Å². The molecule has 30 heavy (non-hydrogen) atoms. The van der Waals surface area contributed by atoms with Crippen molar-refractivity contribution in [3.8, 4) is 0 Å². The fourth-order valence-electron chi connectivity index (χ4n) is 4.67. The minimum atomic E-state index is -0.994. The summed E-state index contributed by atoms with van der Waals surface area (Å²) in [6.45, 7) is 4.92. The number of ketones is 1. The summed E-state index contributed by atoms with van der Waals surface area (Å²) in [5.41, 5.74) is 1.23. The zero-order valence-electron chi connectivity index (χ0n) is 17.3. The van der Waals surface area contributed by atoms with Gasteiger partial charge in [-0.05, 0) is 57.2 Å². The Morgan fingerprint density at radius 3 is 2.83 bits per heavy atom. The van der Waals surface area contributed by atoms with Gasteiger partial charge in [0.25, 0.3) is 5.91 Å². The number of hydrogen-bond donors (Lipinski definition) is 0. The Morgan fingerprint density at radius 1 is 1.30 bits per heavy atom. The Balaban J connectivity index is 1.66. The molecule has 1 saturated carbocycles. The molecule has 3 aliphatic rings. The summed E-state index contributed by atoms with van der Waals surface area (Å²) in [5, 5.41) is 0. The van der Waals surface area contributed by atoms with Gasteiger partial charge in [0, 0.05) is 17.6 Å². The van der Waals surface area contributed by atoms with Gasteiger partial charge in [0.2, 0.25) is 0 Å². The average molecular weight is 480 g/mol. The highest BCUT2D eigenvalue weighted by Crippen LogP contribution is 2.47. The zero-order chi connectivity index (χ0) is 21.4. The highest BCUT2D eigenvalue weighted by atomic mass is 79.9. The van der Waals surface area contributed by atoms with Gasteiger partial charge in [-0.2, -0.15) is 0 Å². The van der Waals surface area contributed by atoms with Crippen LogP contribution in [0.2, 0.25) is 0 Å². The molecule has 1 aromatic rings. The number of carbonyl (C=O) groups is 2. The molecule has 1 fully saturated rings. The SMILES string of the molecule is CC(C)OCCCN1C(=O)C2=C(C(=O)C3CC(F)CCC3O2)C1c1cccc(Br)c1. The summed E-state index contributed by atoms with van der Waals surface area (Å²) >= 11 is 3.49. The molecule has 1 aromatic carbocycles. The van der Waals surface area contributed by atoms with Gasteiger partial charge < -0.3 is 14.4 Å². The maximum Gasteiger partial charge on any atom is 0.290 e. The summed E-state index contributed by atoms with van der Waals surface area (Å²) in [5.74, 6) is -0.746. The lowest BCUT2D eigenvalue weighted by atomic mass is 9.77. The minimum absolute atomic E-state index is 0.119. The second-order valence-corrected chi connectivity index (χ2v) is 9.43. The molecule has 0 saturated heterocycles. The van der Waals surface area contributed by atoms with E-state index < -0.39 is 24.2 Å². The summed E-state index contributed by atoms with van der Waals surface area (Å²) in [6.07, 6.45) is 0.381. The van der Waals surface area contributed by atoms with Gasteiger partial charge in [0.1, 0.15) is 12.3 Å². The third-order valence-corrected chi connectivity index (χ3v) is 6.53. The van der Waals surface area contributed by atoms with Gasteiger partial charge in [-0.15, -0.1) is 0 Å². The molecule has 0 aromatic heterocycles. The fourth-order valence-corrected chi connectivity index (χ4v) is 5.09. The van der Waals surface area contributed by atoms with Crippen molar-refractivity contribution in [2.75, 3.05) is 13.2 Å². The van der Waals surface area contributed by atoms with Crippen LogP contribution >= 0.6 is 15.9 Å². The van der Waals surface area contributed by atoms with Crippen molar-refractivity contribution in [2.24, 2.45) is 5.92 Å². The number of ether oxygens (including phenoxy) is 2. The largest absolute Gasteiger partial charge is 0.483 e. The molecule has 4 atom stereocenters. The molecule has 0 radical (unpaired) electrons. The maximum atomic E-state index is 14.0. The summed E-state index contributed by atoms with van der Waals surface area (Å²) < 4.78 is 26.6. The summed E-state index contributed by atoms with van der Waals surface area (Å²) in [6, 6.07) is 7.11. The molecule has 1 amide bonds. The van der Waals surface area contributed by atoms with E-state index in [0.29, 0.717) is 38.0 Å². The van der Waals surface area contributed by atoms with Crippen molar-refractivity contribution >= 4 is 27.6 Å². The Hall–Kier alpha value is -1.73. The maximum absolute atomic E-state index is 14.0. The van der Waals surface area contributed by atoms with Crippen molar-refractivity contribution in [2.45, 2.75) is 64.0 Å². The zero-order valence-corrected chi connectivity index (χ0v) is 18.9. The highest BCUT2D eigenvalue weighted by molar-refractivity contribution is 9.10. The Labute approximate surface area is 184 Å². The molecule has 2 heterocycles. The molecule has 5 nitrogen and oxygen atoms in total. The molecule has 162 valence electrons. The van der Waals surface area contributed by atoms with Gasteiger partial charge in [-0.25, -0.2) is 4.39 Å². The number of halogens is 2. The van der Waals surface area contributed by atoms with E-state index in [4.69, 9.17) is 9.47 Å². The third-order valence-electron chi connectivity index (χ3n) is 6.04. The van der Waals surface area contributed by atoms with Gasteiger partial charge >= 0.3 is 0 Å². The summed E-state index contributed by atoms with van der Waals surface area (Å²) in [7, 11) is 0. The number of benzene rings is 1. The molecule has 2 aliphatic heterocycles. The first kappa shape index (κ1) is 21.5. The van der Waals surface area contributed by atoms with Gasteiger partial charge in [-0.3, -0.25) is 9.59 Å². The lowest BCUT2D eigenvalue weighted by molar-refractivity contribution is -0.136. The first-order chi connectivity index (χ1) is 14.4. The van der Waals surface area contributed by atoms with Crippen LogP contribution in [0.5, 0.6) is 0 Å². The fraction of sp³-hybridized carbons (Fsp3) is 0.565. The van der Waals surface area contributed by atoms with Crippen LogP contribution in [0.4, 0.5) is 4.39 Å². The number of amides is 1. The highest BCUT2D eigenvalue weighted by Gasteiger charge is 2.52. The van der Waals surface area contributed by atoms with Gasteiger partial charge in [0.05, 0.1) is 23.6 Å². The number of carbonyl (C=O) groups excluding carboxylic acids is 2. The quantitative estimate of drug-likeness (QED) is 0.563. The van der Waals surface area contributed by atoms with E-state index >= 15 is 0 Å². The molecule has 4 rings (SSSR count). The van der Waals surface area contributed by atoms with E-state index in [9.17, 15) is 14.0 Å². The van der Waals surface area contributed by atoms with Crippen molar-refractivity contribution < 1.29 is 23.5 Å². The van der Waals surface area contributed by atoms with E-state index in [0.717, 1.165) is 10.0 Å². The average Bonchev–Trinajstić information content (AvgIpc) is 2.98. The van der Waals surface area contributed by atoms with Crippen LogP contribution in [-0.2, 0) is 19.1 Å². The van der Waals surface area contributed by atoms with E-state index in [1.54, 1.807) is 4.90 Å². The van der Waals surface area contributed by atoms with Crippen LogP contribution in [0.1, 0.15) is 51.1 Å². The van der Waals surface area contributed by atoms with Crippen LogP contribution in [0.25, 0.3) is 0 Å². The Kier molecular flexibility index (Phi) is 6.30. The Bertz CT molecular complexity index is 871. The number of rotatable bonds is 6. The van der Waals surface area contributed by atoms with Crippen LogP contribution in [-0.4, -0.2) is 48.1 Å². The molecule has 0 bridgehead atoms. The topological polar surface area (TPSA) is 55.8 Å². The van der Waals surface area contributed by atoms with Crippen LogP contribution in [0, 0.1) is 5.92 Å². The van der Waals surface area contributed by atoms with E-state index in [-0.39, 0.29) is 30.0 Å². The van der Waals surface area contributed by atoms with E-state index in [1.807, 2.05) is 38.1 Å². The monoisotopic (exact) mass is 479 g/mol. The molecule has 4 unspecified atom stereocenters. The number of alkyl halides is 1. The van der Waals surface area contributed by atoms with Gasteiger partial charge in [-0.1, -0.05) is 28.1 Å². The lowest BCUT2D eigenvalue weighted by Crippen LogP contribution is -2.42. The minimum Gasteiger partial charge on any atom is -0.483 e. The lowest BCUT2D eigenvalue weighted by Gasteiger charge is -2.36. The van der Waals surface area contributed by atoms with Gasteiger partial charge in [0.15, 0.2) is 11.5 Å². The standard InChI is InChI=1S/C23H27BrFNO4/c1-13(2)29-10-4-9-26-20(14-5-3-6-15(24)11-14)19-21(27)17-12-16(25)7-8-18(17)30-22(19)23(26)28/h3,5-6,11,13,16-18,20H,4,7-10,12H2,1-2H3. The second kappa shape index (κ2) is 8.79. The van der Waals surface area contributed by atoms with Crippen molar-refractivity contribution in [1.29, 1.82) is 0 Å². The molecular formula is C23H27BrFNO4. The third kappa shape index (κ3) is 4.06. The number of nitrogens with zero attached hydrogens (tertiary/aromatic N) is 1. The van der Waals surface area contributed by atoms with Crippen molar-refractivity contribution in [3.05, 3.63) is 45.6 Å². The van der Waals surface area contributed by atoms with E-state index in [1.165, 1.54) is 0 Å². The molecular weight excluding hydrogens is 453 g/mol. The van der Waals surface area contributed by atoms with E-state index in [2.05, 4.69) is 15.9 Å². The normalized spacial score (nSPS) is 28.6. The number of hydrogen-bond acceptors (Lipinski definition) is 4. The number of Topliss-reactive ketones (excluding diaryl/α,β-unsaturated/α-hetero) is 1. The smallest absolute Gasteiger partial charge is 0.290 e.